The van der Waals surface area contributed by atoms with Crippen LogP contribution in [0.2, 0.25) is 0 Å². The number of carbonyl (C=O) groups excluding carboxylic acids is 1. The first kappa shape index (κ1) is 18.2. The van der Waals surface area contributed by atoms with E-state index in [2.05, 4.69) is 5.32 Å². The molecule has 0 aliphatic carbocycles. The molecule has 0 saturated carbocycles. The third-order valence-corrected chi connectivity index (χ3v) is 3.46. The van der Waals surface area contributed by atoms with E-state index in [1.54, 1.807) is 13.0 Å². The van der Waals surface area contributed by atoms with Crippen molar-refractivity contribution in [3.63, 3.8) is 0 Å². The van der Waals surface area contributed by atoms with Crippen molar-refractivity contribution in [3.05, 3.63) is 69.8 Å². The van der Waals surface area contributed by atoms with E-state index in [9.17, 15) is 14.9 Å². The van der Waals surface area contributed by atoms with E-state index in [1.807, 2.05) is 31.2 Å². The van der Waals surface area contributed by atoms with Gasteiger partial charge in [0.15, 0.2) is 0 Å². The van der Waals surface area contributed by atoms with E-state index in [4.69, 9.17) is 4.74 Å². The fraction of sp³-hybridized carbons (Fsp3) is 0.211. The Bertz CT molecular complexity index is 783. The Balaban J connectivity index is 1.97. The topological polar surface area (TPSA) is 81.5 Å². The van der Waals surface area contributed by atoms with E-state index in [0.717, 1.165) is 17.7 Å². The van der Waals surface area contributed by atoms with Crippen molar-refractivity contribution in [1.82, 2.24) is 0 Å². The van der Waals surface area contributed by atoms with Crippen LogP contribution in [-0.4, -0.2) is 17.4 Å². The van der Waals surface area contributed by atoms with Gasteiger partial charge in [0.1, 0.15) is 5.75 Å². The number of hydrogen-bond acceptors (Lipinski definition) is 4. The van der Waals surface area contributed by atoms with Gasteiger partial charge < -0.3 is 10.1 Å². The second-order valence-corrected chi connectivity index (χ2v) is 5.50. The number of nitrogens with one attached hydrogen (secondary N) is 1. The minimum absolute atomic E-state index is 0.00331. The average molecular weight is 340 g/mol. The number of benzene rings is 2. The van der Waals surface area contributed by atoms with Crippen molar-refractivity contribution < 1.29 is 14.5 Å². The fourth-order valence-corrected chi connectivity index (χ4v) is 2.14. The summed E-state index contributed by atoms with van der Waals surface area (Å²) in [6.07, 6.45) is 4.06. The molecule has 0 spiro atoms. The van der Waals surface area contributed by atoms with Crippen LogP contribution in [0.3, 0.4) is 0 Å². The van der Waals surface area contributed by atoms with Crippen LogP contribution in [0.1, 0.15) is 24.5 Å². The quantitative estimate of drug-likeness (QED) is 0.462. The number of amides is 1. The van der Waals surface area contributed by atoms with Gasteiger partial charge in [-0.2, -0.15) is 0 Å². The summed E-state index contributed by atoms with van der Waals surface area (Å²) >= 11 is 0. The Morgan fingerprint density at radius 1 is 1.24 bits per heavy atom. The molecule has 0 saturated heterocycles. The van der Waals surface area contributed by atoms with E-state index in [1.165, 1.54) is 24.3 Å². The Morgan fingerprint density at radius 3 is 2.56 bits per heavy atom. The Kier molecular flexibility index (Phi) is 6.28. The summed E-state index contributed by atoms with van der Waals surface area (Å²) < 4.78 is 5.50. The van der Waals surface area contributed by atoms with Gasteiger partial charge >= 0.3 is 0 Å². The molecule has 0 radical (unpaired) electrons. The average Bonchev–Trinajstić information content (AvgIpc) is 2.60. The number of aryl methyl sites for hydroxylation is 1. The fourth-order valence-electron chi connectivity index (χ4n) is 2.14. The van der Waals surface area contributed by atoms with Crippen LogP contribution in [0.4, 0.5) is 11.4 Å². The summed E-state index contributed by atoms with van der Waals surface area (Å²) in [6, 6.07) is 11.8. The van der Waals surface area contributed by atoms with Gasteiger partial charge in [0, 0.05) is 23.9 Å². The molecule has 0 aliphatic heterocycles. The van der Waals surface area contributed by atoms with Crippen molar-refractivity contribution in [1.29, 1.82) is 0 Å². The molecule has 1 N–H and O–H groups in total. The number of nitro groups is 1. The lowest BCUT2D eigenvalue weighted by Crippen LogP contribution is -2.09. The number of carbonyl (C=O) groups is 1. The molecule has 0 unspecified atom stereocenters. The molecular weight excluding hydrogens is 320 g/mol. The van der Waals surface area contributed by atoms with E-state index < -0.39 is 4.92 Å². The standard InChI is InChI=1S/C19H20N2O4/c1-3-12-25-17-8-4-15(5-9-17)6-11-19(22)20-18-10-7-16(21(23)24)13-14(18)2/h4-11,13H,3,12H2,1-2H3,(H,20,22)/b11-6+. The normalized spacial score (nSPS) is 10.6. The van der Waals surface area contributed by atoms with Crippen LogP contribution in [0.5, 0.6) is 5.75 Å². The zero-order chi connectivity index (χ0) is 18.2. The maximum Gasteiger partial charge on any atom is 0.269 e. The third kappa shape index (κ3) is 5.46. The number of nitrogens with zero attached hydrogens (tertiary/aromatic N) is 1. The highest BCUT2D eigenvalue weighted by atomic mass is 16.6. The smallest absolute Gasteiger partial charge is 0.269 e. The van der Waals surface area contributed by atoms with Gasteiger partial charge in [-0.3, -0.25) is 14.9 Å². The van der Waals surface area contributed by atoms with E-state index >= 15 is 0 Å². The molecule has 0 fully saturated rings. The molecule has 0 atom stereocenters. The lowest BCUT2D eigenvalue weighted by molar-refractivity contribution is -0.384. The van der Waals surface area contributed by atoms with Crippen LogP contribution in [0.25, 0.3) is 6.08 Å². The van der Waals surface area contributed by atoms with Gasteiger partial charge in [-0.25, -0.2) is 0 Å². The first-order chi connectivity index (χ1) is 12.0. The molecule has 130 valence electrons. The van der Waals surface area contributed by atoms with Crippen molar-refractivity contribution in [3.8, 4) is 5.75 Å². The van der Waals surface area contributed by atoms with Crippen LogP contribution in [-0.2, 0) is 4.79 Å². The van der Waals surface area contributed by atoms with Gasteiger partial charge in [0.25, 0.3) is 5.69 Å². The van der Waals surface area contributed by atoms with Crippen LogP contribution in [0, 0.1) is 17.0 Å². The highest BCUT2D eigenvalue weighted by Gasteiger charge is 2.09. The van der Waals surface area contributed by atoms with Crippen molar-refractivity contribution in [2.75, 3.05) is 11.9 Å². The van der Waals surface area contributed by atoms with E-state index in [-0.39, 0.29) is 11.6 Å². The molecule has 1 amide bonds. The second-order valence-electron chi connectivity index (χ2n) is 5.50. The van der Waals surface area contributed by atoms with Crippen molar-refractivity contribution in [2.24, 2.45) is 0 Å². The Labute approximate surface area is 146 Å². The van der Waals surface area contributed by atoms with Crippen molar-refractivity contribution in [2.45, 2.75) is 20.3 Å². The predicted octanol–water partition coefficient (Wildman–Crippen LogP) is 4.34. The van der Waals surface area contributed by atoms with Gasteiger partial charge in [0.05, 0.1) is 11.5 Å². The first-order valence-electron chi connectivity index (χ1n) is 7.96. The Hall–Kier alpha value is -3.15. The molecular formula is C19H20N2O4. The summed E-state index contributed by atoms with van der Waals surface area (Å²) in [5, 5.41) is 13.4. The highest BCUT2D eigenvalue weighted by molar-refractivity contribution is 6.02. The maximum absolute atomic E-state index is 12.0. The van der Waals surface area contributed by atoms with Crippen molar-refractivity contribution >= 4 is 23.4 Å². The number of nitro benzene ring substituents is 1. The van der Waals surface area contributed by atoms with Gasteiger partial charge in [-0.05, 0) is 48.7 Å². The summed E-state index contributed by atoms with van der Waals surface area (Å²) in [4.78, 5) is 22.3. The molecule has 2 rings (SSSR count). The molecule has 2 aromatic rings. The van der Waals surface area contributed by atoms with Gasteiger partial charge in [0.2, 0.25) is 5.91 Å². The zero-order valence-electron chi connectivity index (χ0n) is 14.2. The molecule has 0 aliphatic rings. The SMILES string of the molecule is CCCOc1ccc(/C=C/C(=O)Nc2ccc([N+](=O)[O-])cc2C)cc1. The summed E-state index contributed by atoms with van der Waals surface area (Å²) in [5.74, 6) is 0.494. The number of non-ortho nitro benzene ring substituents is 1. The molecule has 2 aromatic carbocycles. The minimum Gasteiger partial charge on any atom is -0.494 e. The second kappa shape index (κ2) is 8.63. The number of anilines is 1. The number of hydrogen-bond donors (Lipinski definition) is 1. The van der Waals surface area contributed by atoms with E-state index in [0.29, 0.717) is 17.9 Å². The minimum atomic E-state index is -0.466. The largest absolute Gasteiger partial charge is 0.494 e. The lowest BCUT2D eigenvalue weighted by Gasteiger charge is -2.06. The molecule has 0 heterocycles. The Morgan fingerprint density at radius 2 is 1.96 bits per heavy atom. The highest BCUT2D eigenvalue weighted by Crippen LogP contribution is 2.21. The molecule has 6 nitrogen and oxygen atoms in total. The zero-order valence-corrected chi connectivity index (χ0v) is 14.2. The summed E-state index contributed by atoms with van der Waals surface area (Å²) in [6.45, 7) is 4.43. The van der Waals surface area contributed by atoms with Gasteiger partial charge in [-0.15, -0.1) is 0 Å². The summed E-state index contributed by atoms with van der Waals surface area (Å²) in [5.41, 5.74) is 2.05. The number of ether oxygens (including phenoxy) is 1. The predicted molar refractivity (Wildman–Crippen MR) is 97.7 cm³/mol. The summed E-state index contributed by atoms with van der Waals surface area (Å²) in [7, 11) is 0. The third-order valence-electron chi connectivity index (χ3n) is 3.46. The monoisotopic (exact) mass is 340 g/mol. The van der Waals surface area contributed by atoms with Gasteiger partial charge in [-0.1, -0.05) is 19.1 Å². The van der Waals surface area contributed by atoms with Crippen LogP contribution >= 0.6 is 0 Å². The van der Waals surface area contributed by atoms with Crippen LogP contribution < -0.4 is 10.1 Å². The molecule has 25 heavy (non-hydrogen) atoms. The van der Waals surface area contributed by atoms with Crippen LogP contribution in [0.15, 0.2) is 48.5 Å². The number of rotatable bonds is 7. The maximum atomic E-state index is 12.0. The lowest BCUT2D eigenvalue weighted by atomic mass is 10.1. The molecule has 0 bridgehead atoms. The molecule has 6 heteroatoms. The molecule has 0 aromatic heterocycles. The first-order valence-corrected chi connectivity index (χ1v) is 7.96.